The largest absolute Gasteiger partial charge is 0.493 e. The predicted octanol–water partition coefficient (Wildman–Crippen LogP) is 3.93. The number of hydrogen-bond acceptors (Lipinski definition) is 5. The number of carbonyl (C=O) groups is 1. The first-order chi connectivity index (χ1) is 12.5. The molecule has 0 fully saturated rings. The molecule has 138 valence electrons. The van der Waals surface area contributed by atoms with Crippen LogP contribution in [0.15, 0.2) is 41.5 Å². The minimum absolute atomic E-state index is 0.321. The molecule has 2 aromatic rings. The van der Waals surface area contributed by atoms with Crippen LogP contribution in [0.2, 0.25) is 10.0 Å². The summed E-state index contributed by atoms with van der Waals surface area (Å²) in [5, 5.41) is 4.73. The van der Waals surface area contributed by atoms with Crippen molar-refractivity contribution < 1.29 is 19.0 Å². The van der Waals surface area contributed by atoms with E-state index in [-0.39, 0.29) is 0 Å². The van der Waals surface area contributed by atoms with Gasteiger partial charge in [-0.05, 0) is 37.3 Å². The van der Waals surface area contributed by atoms with E-state index in [0.29, 0.717) is 32.9 Å². The van der Waals surface area contributed by atoms with E-state index in [0.717, 1.165) is 0 Å². The van der Waals surface area contributed by atoms with Crippen molar-refractivity contribution in [2.24, 2.45) is 5.10 Å². The monoisotopic (exact) mass is 396 g/mol. The van der Waals surface area contributed by atoms with Gasteiger partial charge >= 0.3 is 0 Å². The number of rotatable bonds is 7. The second kappa shape index (κ2) is 9.31. The second-order valence-electron chi connectivity index (χ2n) is 5.15. The van der Waals surface area contributed by atoms with E-state index in [2.05, 4.69) is 10.5 Å². The lowest BCUT2D eigenvalue weighted by Gasteiger charge is -2.14. The first kappa shape index (κ1) is 19.9. The van der Waals surface area contributed by atoms with Crippen molar-refractivity contribution in [1.82, 2.24) is 5.43 Å². The number of ether oxygens (including phenoxy) is 3. The minimum atomic E-state index is -0.807. The Morgan fingerprint density at radius 3 is 2.58 bits per heavy atom. The Hall–Kier alpha value is -2.44. The highest BCUT2D eigenvalue weighted by Gasteiger charge is 2.16. The Kier molecular flexibility index (Phi) is 7.12. The van der Waals surface area contributed by atoms with Gasteiger partial charge in [0.2, 0.25) is 0 Å². The molecule has 0 saturated heterocycles. The molecular formula is C18H18Cl2N2O4. The molecule has 0 heterocycles. The minimum Gasteiger partial charge on any atom is -0.493 e. The molecule has 26 heavy (non-hydrogen) atoms. The zero-order valence-electron chi connectivity index (χ0n) is 14.5. The summed E-state index contributed by atoms with van der Waals surface area (Å²) < 4.78 is 16.0. The van der Waals surface area contributed by atoms with Crippen LogP contribution in [-0.4, -0.2) is 32.4 Å². The molecule has 0 aromatic heterocycles. The topological polar surface area (TPSA) is 69.2 Å². The van der Waals surface area contributed by atoms with Gasteiger partial charge in [-0.2, -0.15) is 5.10 Å². The van der Waals surface area contributed by atoms with Gasteiger partial charge in [0.05, 0.1) is 25.5 Å². The first-order valence-electron chi connectivity index (χ1n) is 7.62. The van der Waals surface area contributed by atoms with Gasteiger partial charge in [-0.25, -0.2) is 5.43 Å². The van der Waals surface area contributed by atoms with Crippen LogP contribution in [0.1, 0.15) is 12.5 Å². The van der Waals surface area contributed by atoms with Crippen molar-refractivity contribution in [1.29, 1.82) is 0 Å². The lowest BCUT2D eigenvalue weighted by molar-refractivity contribution is -0.127. The van der Waals surface area contributed by atoms with Gasteiger partial charge in [0, 0.05) is 10.6 Å². The van der Waals surface area contributed by atoms with E-state index in [1.165, 1.54) is 19.4 Å². The van der Waals surface area contributed by atoms with Gasteiger partial charge in [-0.15, -0.1) is 0 Å². The van der Waals surface area contributed by atoms with Crippen molar-refractivity contribution >= 4 is 35.3 Å². The number of para-hydroxylation sites is 1. The average molecular weight is 397 g/mol. The Labute approximate surface area is 161 Å². The number of benzene rings is 2. The van der Waals surface area contributed by atoms with Crippen molar-refractivity contribution in [2.45, 2.75) is 13.0 Å². The maximum absolute atomic E-state index is 12.1. The normalized spacial score (nSPS) is 11.9. The third kappa shape index (κ3) is 5.03. The Morgan fingerprint density at radius 2 is 1.92 bits per heavy atom. The molecule has 1 unspecified atom stereocenters. The second-order valence-corrected chi connectivity index (χ2v) is 6.00. The summed E-state index contributed by atoms with van der Waals surface area (Å²) in [6.07, 6.45) is 0.652. The van der Waals surface area contributed by atoms with Gasteiger partial charge < -0.3 is 14.2 Å². The van der Waals surface area contributed by atoms with Gasteiger partial charge in [0.15, 0.2) is 17.6 Å². The van der Waals surface area contributed by atoms with Crippen molar-refractivity contribution in [3.8, 4) is 17.2 Å². The molecule has 2 aromatic carbocycles. The number of halogens is 2. The Morgan fingerprint density at radius 1 is 1.15 bits per heavy atom. The summed E-state index contributed by atoms with van der Waals surface area (Å²) in [6.45, 7) is 1.59. The highest BCUT2D eigenvalue weighted by Crippen LogP contribution is 2.29. The van der Waals surface area contributed by atoms with Crippen molar-refractivity contribution in [2.75, 3.05) is 14.2 Å². The standard InChI is InChI=1S/C18H18Cl2N2O4/c1-11(26-15-8-7-13(19)9-14(15)20)18(23)22-21-10-12-5-4-6-16(24-2)17(12)25-3/h4-11H,1-3H3,(H,22,23)/b21-10+. The van der Waals surface area contributed by atoms with Crippen molar-refractivity contribution in [3.63, 3.8) is 0 Å². The molecule has 0 aliphatic carbocycles. The molecule has 0 aliphatic rings. The highest BCUT2D eigenvalue weighted by molar-refractivity contribution is 6.35. The van der Waals surface area contributed by atoms with Crippen LogP contribution in [0.4, 0.5) is 0 Å². The van der Waals surface area contributed by atoms with Gasteiger partial charge in [-0.3, -0.25) is 4.79 Å². The summed E-state index contributed by atoms with van der Waals surface area (Å²) in [4.78, 5) is 12.1. The van der Waals surface area contributed by atoms with Crippen molar-refractivity contribution in [3.05, 3.63) is 52.0 Å². The van der Waals surface area contributed by atoms with E-state index < -0.39 is 12.0 Å². The first-order valence-corrected chi connectivity index (χ1v) is 8.37. The third-order valence-electron chi connectivity index (χ3n) is 3.38. The molecule has 1 amide bonds. The molecule has 0 spiro atoms. The molecule has 0 radical (unpaired) electrons. The van der Waals surface area contributed by atoms with Crippen LogP contribution in [0.5, 0.6) is 17.2 Å². The van der Waals surface area contributed by atoms with Crippen LogP contribution in [-0.2, 0) is 4.79 Å². The fourth-order valence-electron chi connectivity index (χ4n) is 2.08. The molecule has 0 saturated carbocycles. The summed E-state index contributed by atoms with van der Waals surface area (Å²) >= 11 is 11.9. The summed E-state index contributed by atoms with van der Waals surface area (Å²) in [5.74, 6) is 1.01. The van der Waals surface area contributed by atoms with Crippen LogP contribution in [0.25, 0.3) is 0 Å². The summed E-state index contributed by atoms with van der Waals surface area (Å²) in [6, 6.07) is 10.1. The molecule has 6 nitrogen and oxygen atoms in total. The van der Waals surface area contributed by atoms with Gasteiger partial charge in [-0.1, -0.05) is 29.3 Å². The van der Waals surface area contributed by atoms with E-state index in [9.17, 15) is 4.79 Å². The maximum atomic E-state index is 12.1. The van der Waals surface area contributed by atoms with Crippen LogP contribution in [0.3, 0.4) is 0 Å². The quantitative estimate of drug-likeness (QED) is 0.568. The van der Waals surface area contributed by atoms with Gasteiger partial charge in [0.25, 0.3) is 5.91 Å². The number of hydrazone groups is 1. The maximum Gasteiger partial charge on any atom is 0.280 e. The third-order valence-corrected chi connectivity index (χ3v) is 3.91. The van der Waals surface area contributed by atoms with Crippen LogP contribution in [0, 0.1) is 0 Å². The summed E-state index contributed by atoms with van der Waals surface area (Å²) in [7, 11) is 3.07. The fourth-order valence-corrected chi connectivity index (χ4v) is 2.54. The SMILES string of the molecule is COc1cccc(/C=N/NC(=O)C(C)Oc2ccc(Cl)cc2Cl)c1OC. The van der Waals surface area contributed by atoms with E-state index in [1.54, 1.807) is 44.4 Å². The Bertz CT molecular complexity index is 812. The molecule has 2 rings (SSSR count). The number of amides is 1. The van der Waals surface area contributed by atoms with Crippen LogP contribution < -0.4 is 19.6 Å². The predicted molar refractivity (Wildman–Crippen MR) is 102 cm³/mol. The zero-order chi connectivity index (χ0) is 19.1. The summed E-state index contributed by atoms with van der Waals surface area (Å²) in [5.41, 5.74) is 3.06. The fraction of sp³-hybridized carbons (Fsp3) is 0.222. The number of methoxy groups -OCH3 is 2. The van der Waals surface area contributed by atoms with E-state index in [1.807, 2.05) is 0 Å². The molecule has 8 heteroatoms. The number of hydrogen-bond donors (Lipinski definition) is 1. The molecule has 1 atom stereocenters. The zero-order valence-corrected chi connectivity index (χ0v) is 16.0. The number of carbonyl (C=O) groups excluding carboxylic acids is 1. The average Bonchev–Trinajstić information content (AvgIpc) is 2.63. The highest BCUT2D eigenvalue weighted by atomic mass is 35.5. The van der Waals surface area contributed by atoms with Crippen LogP contribution >= 0.6 is 23.2 Å². The number of nitrogens with one attached hydrogen (secondary N) is 1. The molecule has 0 aliphatic heterocycles. The number of nitrogens with zero attached hydrogens (tertiary/aromatic N) is 1. The molecular weight excluding hydrogens is 379 g/mol. The molecule has 0 bridgehead atoms. The van der Waals surface area contributed by atoms with Gasteiger partial charge in [0.1, 0.15) is 5.75 Å². The van der Waals surface area contributed by atoms with E-state index in [4.69, 9.17) is 37.4 Å². The smallest absolute Gasteiger partial charge is 0.280 e. The Balaban J connectivity index is 2.00. The molecule has 1 N–H and O–H groups in total. The lowest BCUT2D eigenvalue weighted by atomic mass is 10.2. The lowest BCUT2D eigenvalue weighted by Crippen LogP contribution is -2.33. The van der Waals surface area contributed by atoms with E-state index >= 15 is 0 Å².